The van der Waals surface area contributed by atoms with Crippen molar-refractivity contribution in [2.45, 2.75) is 5.66 Å². The highest BCUT2D eigenvalue weighted by atomic mass is 16.5. The van der Waals surface area contributed by atoms with E-state index in [9.17, 15) is 0 Å². The lowest BCUT2D eigenvalue weighted by atomic mass is 9.83. The molecule has 0 saturated carbocycles. The van der Waals surface area contributed by atoms with E-state index in [1.54, 1.807) is 0 Å². The van der Waals surface area contributed by atoms with Crippen molar-refractivity contribution >= 4 is 82.1 Å². The van der Waals surface area contributed by atoms with Crippen LogP contribution in [0.25, 0.3) is 87.9 Å². The van der Waals surface area contributed by atoms with Gasteiger partial charge >= 0.3 is 11.3 Å². The Bertz CT molecular complexity index is 3440. The van der Waals surface area contributed by atoms with Gasteiger partial charge in [0.1, 0.15) is 44.8 Å². The molecule has 0 bridgehead atoms. The molecule has 0 N–H and O–H groups in total. The van der Waals surface area contributed by atoms with Crippen molar-refractivity contribution in [2.75, 3.05) is 0 Å². The number of para-hydroxylation sites is 4. The zero-order valence-corrected chi connectivity index (χ0v) is 25.8. The van der Waals surface area contributed by atoms with E-state index in [2.05, 4.69) is 146 Å². The summed E-state index contributed by atoms with van der Waals surface area (Å²) in [6.45, 7) is 0. The number of benzene rings is 6. The third kappa shape index (κ3) is 2.28. The number of hydrogen-bond donors (Lipinski definition) is 0. The number of furan rings is 1. The lowest BCUT2D eigenvalue weighted by Crippen LogP contribution is -2.75. The van der Waals surface area contributed by atoms with Gasteiger partial charge in [0.25, 0.3) is 5.82 Å². The third-order valence-electron chi connectivity index (χ3n) is 11.7. The number of nitrogens with zero attached hydrogens (tertiary/aromatic N) is 4. The Kier molecular flexibility index (Phi) is 3.57. The number of hydrogen-bond acceptors (Lipinski definition) is 2. The number of pyridine rings is 2. The molecule has 5 aromatic heterocycles. The molecule has 8 heterocycles. The molecule has 1 spiro atoms. The summed E-state index contributed by atoms with van der Waals surface area (Å²) < 4.78 is 23.5. The van der Waals surface area contributed by atoms with Crippen molar-refractivity contribution in [1.82, 2.24) is 8.97 Å². The van der Waals surface area contributed by atoms with E-state index >= 15 is 0 Å². The van der Waals surface area contributed by atoms with Crippen LogP contribution in [0.3, 0.4) is 0 Å². The molecule has 0 fully saturated rings. The van der Waals surface area contributed by atoms with Gasteiger partial charge in [0, 0.05) is 44.5 Å². The van der Waals surface area contributed by atoms with E-state index < -0.39 is 5.66 Å². The van der Waals surface area contributed by atoms with E-state index in [-0.39, 0.29) is 0 Å². The highest BCUT2D eigenvalue weighted by Gasteiger charge is 2.65. The summed E-state index contributed by atoms with van der Waals surface area (Å²) in [4.78, 5) is 0. The van der Waals surface area contributed by atoms with Gasteiger partial charge in [-0.15, -0.1) is 0 Å². The predicted octanol–water partition coefficient (Wildman–Crippen LogP) is 9.00. The van der Waals surface area contributed by atoms with E-state index in [0.29, 0.717) is 0 Å². The second-order valence-electron chi connectivity index (χ2n) is 13.7. The smallest absolute Gasteiger partial charge is 0.319 e. The zero-order valence-electron chi connectivity index (χ0n) is 25.8. The van der Waals surface area contributed by atoms with Gasteiger partial charge in [-0.3, -0.25) is 0 Å². The van der Waals surface area contributed by atoms with Crippen molar-refractivity contribution in [1.29, 1.82) is 0 Å². The van der Waals surface area contributed by atoms with Crippen LogP contribution in [0, 0.1) is 0 Å². The van der Waals surface area contributed by atoms with Gasteiger partial charge in [0.15, 0.2) is 16.6 Å². The maximum atomic E-state index is 7.01. The first-order chi connectivity index (χ1) is 24.3. The summed E-state index contributed by atoms with van der Waals surface area (Å²) >= 11 is 0. The lowest BCUT2D eigenvalue weighted by molar-refractivity contribution is -0.946. The molecule has 11 aromatic rings. The summed E-state index contributed by atoms with van der Waals surface area (Å²) in [6, 6.07) is 46.1. The van der Waals surface area contributed by atoms with E-state index in [0.717, 1.165) is 55.9 Å². The first-order valence-corrected chi connectivity index (χ1v) is 16.8. The van der Waals surface area contributed by atoms with Crippen LogP contribution in [-0.4, -0.2) is 8.97 Å². The van der Waals surface area contributed by atoms with Crippen molar-refractivity contribution in [2.24, 2.45) is 0 Å². The van der Waals surface area contributed by atoms with Crippen LogP contribution >= 0.6 is 0 Å². The monoisotopic (exact) mass is 626 g/mol. The van der Waals surface area contributed by atoms with Crippen molar-refractivity contribution in [3.8, 4) is 17.3 Å². The van der Waals surface area contributed by atoms with Crippen molar-refractivity contribution in [3.05, 3.63) is 145 Å². The van der Waals surface area contributed by atoms with Crippen molar-refractivity contribution in [3.63, 3.8) is 0 Å². The van der Waals surface area contributed by atoms with Crippen LogP contribution in [0.2, 0.25) is 0 Å². The molecule has 0 amide bonds. The minimum atomic E-state index is -0.733. The number of aromatic nitrogens is 4. The lowest BCUT2D eigenvalue weighted by Gasteiger charge is -2.36. The Balaban J connectivity index is 1.31. The molecular formula is C43H22N4O2+2. The van der Waals surface area contributed by atoms with Gasteiger partial charge in [-0.2, -0.15) is 18.1 Å². The van der Waals surface area contributed by atoms with Crippen LogP contribution in [0.5, 0.6) is 11.5 Å². The normalized spacial score (nSPS) is 16.8. The molecule has 1 unspecified atom stereocenters. The maximum Gasteiger partial charge on any atom is 0.319 e. The van der Waals surface area contributed by atoms with Crippen LogP contribution in [0.1, 0.15) is 11.1 Å². The largest absolute Gasteiger partial charge is 0.456 e. The van der Waals surface area contributed by atoms with Gasteiger partial charge in [-0.25, -0.2) is 0 Å². The Morgan fingerprint density at radius 3 is 2.27 bits per heavy atom. The van der Waals surface area contributed by atoms with Crippen LogP contribution in [0.4, 0.5) is 0 Å². The molecule has 6 heteroatoms. The third-order valence-corrected chi connectivity index (χ3v) is 11.7. The number of ether oxygens (including phenoxy) is 1. The highest BCUT2D eigenvalue weighted by molar-refractivity contribution is 6.21. The topological polar surface area (TPSA) is 39.5 Å². The second-order valence-corrected chi connectivity index (χ2v) is 13.7. The maximum absolute atomic E-state index is 7.01. The van der Waals surface area contributed by atoms with Gasteiger partial charge < -0.3 is 9.15 Å². The molecule has 6 aromatic carbocycles. The van der Waals surface area contributed by atoms with Crippen LogP contribution in [0.15, 0.2) is 138 Å². The quantitative estimate of drug-likeness (QED) is 0.125. The average Bonchev–Trinajstić information content (AvgIpc) is 3.88. The fourth-order valence-electron chi connectivity index (χ4n) is 10.0. The molecule has 0 saturated heterocycles. The van der Waals surface area contributed by atoms with Crippen LogP contribution in [-0.2, 0) is 5.66 Å². The number of rotatable bonds is 0. The second kappa shape index (κ2) is 7.40. The number of fused-ring (bicyclic) bond motifs is 14. The molecule has 224 valence electrons. The minimum absolute atomic E-state index is 0.733. The summed E-state index contributed by atoms with van der Waals surface area (Å²) in [5, 5.41) is 8.37. The van der Waals surface area contributed by atoms with Crippen LogP contribution < -0.4 is 13.9 Å². The first kappa shape index (κ1) is 23.6. The zero-order chi connectivity index (χ0) is 31.3. The molecule has 3 aliphatic heterocycles. The first-order valence-electron chi connectivity index (χ1n) is 16.8. The number of imidazole rings is 1. The molecule has 0 aliphatic carbocycles. The SMILES string of the molecule is c1cc[n+]2c(c1)-n1c3ccccc3c3ccc4c(c31)C21c2c(ccc3c5cc6c(cc5n5c7ccccc7[n+]1c5c23)oc1ccccc16)O4. The molecule has 3 aliphatic rings. The summed E-state index contributed by atoms with van der Waals surface area (Å²) in [5.41, 5.74) is 10.4. The Morgan fingerprint density at radius 1 is 0.551 bits per heavy atom. The molecule has 0 radical (unpaired) electrons. The molecule has 1 atom stereocenters. The average molecular weight is 627 g/mol. The molecule has 49 heavy (non-hydrogen) atoms. The predicted molar refractivity (Wildman–Crippen MR) is 190 cm³/mol. The molecule has 14 rings (SSSR count). The van der Waals surface area contributed by atoms with Crippen molar-refractivity contribution < 1.29 is 18.3 Å². The van der Waals surface area contributed by atoms with E-state index in [1.165, 1.54) is 54.6 Å². The summed E-state index contributed by atoms with van der Waals surface area (Å²) in [5.74, 6) is 2.92. The molecule has 6 nitrogen and oxygen atoms in total. The Hall–Kier alpha value is -6.66. The van der Waals surface area contributed by atoms with E-state index in [4.69, 9.17) is 9.15 Å². The van der Waals surface area contributed by atoms with Gasteiger partial charge in [-0.05, 0) is 66.7 Å². The fraction of sp³-hybridized carbons (Fsp3) is 0.0233. The summed E-state index contributed by atoms with van der Waals surface area (Å²) in [6.07, 6.45) is 2.26. The highest BCUT2D eigenvalue weighted by Crippen LogP contribution is 2.57. The summed E-state index contributed by atoms with van der Waals surface area (Å²) in [7, 11) is 0. The minimum Gasteiger partial charge on any atom is -0.456 e. The Morgan fingerprint density at radius 2 is 1.33 bits per heavy atom. The standard InChI is InChI=1S/C43H22N4O2/c1-3-11-29-23(9-1)26-17-19-35-40-41(26)46(29)37-15-7-8-20-44(37)43(40)39-34(49-35)18-16-25-27-21-28-24-10-2-6-14-33(24)48-36(28)22-32(27)45-30-12-4-5-13-31(30)47(43)42(45)38(25)39/h1-22H/q+2. The fourth-order valence-corrected chi connectivity index (χ4v) is 10.0. The Labute approximate surface area is 276 Å². The molecular weight excluding hydrogens is 604 g/mol. The van der Waals surface area contributed by atoms with E-state index in [1.807, 2.05) is 6.07 Å². The van der Waals surface area contributed by atoms with Gasteiger partial charge in [0.05, 0.1) is 11.6 Å². The van der Waals surface area contributed by atoms with Gasteiger partial charge in [0.2, 0.25) is 0 Å². The van der Waals surface area contributed by atoms with Gasteiger partial charge in [-0.1, -0.05) is 48.5 Å².